The van der Waals surface area contributed by atoms with Crippen LogP contribution in [0.3, 0.4) is 0 Å². The van der Waals surface area contributed by atoms with Crippen molar-refractivity contribution >= 4 is 38.6 Å². The van der Waals surface area contributed by atoms with Crippen molar-refractivity contribution in [3.05, 3.63) is 91.0 Å². The standard InChI is InChI=1S/C18H15Cl2OP/c19-22(20,17-12-6-2-7-13-17,18-14-8-3-9-15-18)21-16-10-4-1-5-11-16/h1-15H. The molecule has 0 radical (unpaired) electrons. The van der Waals surface area contributed by atoms with Crippen LogP contribution in [0.2, 0.25) is 0 Å². The molecule has 0 fully saturated rings. The van der Waals surface area contributed by atoms with E-state index in [0.29, 0.717) is 5.75 Å². The average molecular weight is 349 g/mol. The molecule has 0 N–H and O–H groups in total. The first-order valence-corrected chi connectivity index (χ1v) is 10.9. The van der Waals surface area contributed by atoms with Gasteiger partial charge in [0.2, 0.25) is 0 Å². The van der Waals surface area contributed by atoms with Crippen LogP contribution in [0.15, 0.2) is 91.0 Å². The number of rotatable bonds is 4. The molecular formula is C18H15Cl2OP. The van der Waals surface area contributed by atoms with E-state index in [4.69, 9.17) is 27.0 Å². The molecule has 3 rings (SSSR count). The van der Waals surface area contributed by atoms with Crippen molar-refractivity contribution in [1.82, 2.24) is 0 Å². The van der Waals surface area contributed by atoms with Gasteiger partial charge in [0.25, 0.3) is 0 Å². The SMILES string of the molecule is ClP(Cl)(Oc1ccccc1)(c1ccccc1)c1ccccc1. The second-order valence-electron chi connectivity index (χ2n) is 4.91. The van der Waals surface area contributed by atoms with Crippen molar-refractivity contribution in [3.8, 4) is 5.75 Å². The predicted octanol–water partition coefficient (Wildman–Crippen LogP) is 5.49. The minimum atomic E-state index is -3.79. The van der Waals surface area contributed by atoms with Crippen LogP contribution in [-0.2, 0) is 0 Å². The van der Waals surface area contributed by atoms with Gasteiger partial charge in [-0.15, -0.1) is 0 Å². The summed E-state index contributed by atoms with van der Waals surface area (Å²) in [4.78, 5) is 0. The van der Waals surface area contributed by atoms with Gasteiger partial charge in [-0.3, -0.25) is 0 Å². The van der Waals surface area contributed by atoms with Crippen molar-refractivity contribution in [3.63, 3.8) is 0 Å². The third kappa shape index (κ3) is 2.85. The molecule has 0 heterocycles. The molecule has 0 aliphatic carbocycles. The molecule has 4 heteroatoms. The predicted molar refractivity (Wildman–Crippen MR) is 97.8 cm³/mol. The van der Waals surface area contributed by atoms with Crippen LogP contribution in [0.25, 0.3) is 0 Å². The zero-order chi connectivity index (χ0) is 15.5. The Morgan fingerprint density at radius 3 is 1.32 bits per heavy atom. The fourth-order valence-corrected chi connectivity index (χ4v) is 6.44. The Labute approximate surface area is 140 Å². The van der Waals surface area contributed by atoms with Gasteiger partial charge in [0.1, 0.15) is 0 Å². The number of hydrogen-bond acceptors (Lipinski definition) is 1. The Bertz CT molecular complexity index is 702. The summed E-state index contributed by atoms with van der Waals surface area (Å²) < 4.78 is 6.22. The number of halogens is 2. The van der Waals surface area contributed by atoms with Crippen LogP contribution in [-0.4, -0.2) is 0 Å². The van der Waals surface area contributed by atoms with Crippen molar-refractivity contribution in [2.45, 2.75) is 0 Å². The summed E-state index contributed by atoms with van der Waals surface area (Å²) in [5.41, 5.74) is -3.79. The maximum absolute atomic E-state index is 7.05. The fraction of sp³-hybridized carbons (Fsp3) is 0. The van der Waals surface area contributed by atoms with Gasteiger partial charge >= 0.3 is 140 Å². The van der Waals surface area contributed by atoms with E-state index in [2.05, 4.69) is 0 Å². The molecule has 0 amide bonds. The molecule has 0 aliphatic heterocycles. The molecule has 0 spiro atoms. The second-order valence-corrected chi connectivity index (χ2v) is 12.2. The molecule has 1 nitrogen and oxygen atoms in total. The molecule has 3 aromatic carbocycles. The maximum atomic E-state index is 7.05. The van der Waals surface area contributed by atoms with E-state index >= 15 is 0 Å². The Morgan fingerprint density at radius 1 is 0.545 bits per heavy atom. The number of benzene rings is 3. The fourth-order valence-electron chi connectivity index (χ4n) is 2.27. The van der Waals surface area contributed by atoms with Gasteiger partial charge in [0, 0.05) is 0 Å². The van der Waals surface area contributed by atoms with Gasteiger partial charge in [0.15, 0.2) is 0 Å². The Kier molecular flexibility index (Phi) is 4.14. The summed E-state index contributed by atoms with van der Waals surface area (Å²) in [7, 11) is 0. The Morgan fingerprint density at radius 2 is 0.909 bits per heavy atom. The van der Waals surface area contributed by atoms with Gasteiger partial charge in [0.05, 0.1) is 0 Å². The summed E-state index contributed by atoms with van der Waals surface area (Å²) in [6.45, 7) is 0. The summed E-state index contributed by atoms with van der Waals surface area (Å²) >= 11 is 14.1. The zero-order valence-electron chi connectivity index (χ0n) is 11.8. The van der Waals surface area contributed by atoms with E-state index in [1.807, 2.05) is 91.0 Å². The van der Waals surface area contributed by atoms with E-state index < -0.39 is 5.54 Å². The molecule has 0 bridgehead atoms. The van der Waals surface area contributed by atoms with Gasteiger partial charge in [-0.1, -0.05) is 0 Å². The topological polar surface area (TPSA) is 9.23 Å². The molecule has 112 valence electrons. The number of hydrogen-bond donors (Lipinski definition) is 0. The summed E-state index contributed by atoms with van der Waals surface area (Å²) in [5, 5.41) is 1.57. The van der Waals surface area contributed by atoms with E-state index in [-0.39, 0.29) is 0 Å². The minimum absolute atomic E-state index is 0.651. The van der Waals surface area contributed by atoms with Crippen molar-refractivity contribution in [2.24, 2.45) is 0 Å². The molecule has 22 heavy (non-hydrogen) atoms. The van der Waals surface area contributed by atoms with E-state index in [0.717, 1.165) is 10.6 Å². The van der Waals surface area contributed by atoms with Crippen LogP contribution in [0.1, 0.15) is 0 Å². The monoisotopic (exact) mass is 348 g/mol. The van der Waals surface area contributed by atoms with Gasteiger partial charge in [-0.05, 0) is 0 Å². The van der Waals surface area contributed by atoms with Crippen LogP contribution < -0.4 is 15.1 Å². The molecule has 0 saturated carbocycles. The average Bonchev–Trinajstić information content (AvgIpc) is 2.57. The van der Waals surface area contributed by atoms with Crippen molar-refractivity contribution in [2.75, 3.05) is 0 Å². The van der Waals surface area contributed by atoms with Gasteiger partial charge in [-0.25, -0.2) is 0 Å². The molecular weight excluding hydrogens is 334 g/mol. The quantitative estimate of drug-likeness (QED) is 0.566. The molecule has 3 aromatic rings. The number of para-hydroxylation sites is 1. The summed E-state index contributed by atoms with van der Waals surface area (Å²) in [6, 6.07) is 28.6. The normalized spacial score (nSPS) is 13.1. The molecule has 0 saturated heterocycles. The first-order valence-electron chi connectivity index (χ1n) is 6.90. The van der Waals surface area contributed by atoms with E-state index in [1.54, 1.807) is 0 Å². The zero-order valence-corrected chi connectivity index (χ0v) is 14.2. The summed E-state index contributed by atoms with van der Waals surface area (Å²) in [6.07, 6.45) is 0. The first-order chi connectivity index (χ1) is 10.6. The molecule has 0 aromatic heterocycles. The van der Waals surface area contributed by atoms with Crippen LogP contribution >= 0.6 is 28.0 Å². The molecule has 0 aliphatic rings. The van der Waals surface area contributed by atoms with Crippen molar-refractivity contribution in [1.29, 1.82) is 0 Å². The first kappa shape index (κ1) is 15.4. The van der Waals surface area contributed by atoms with Crippen LogP contribution in [0.5, 0.6) is 5.75 Å². The van der Waals surface area contributed by atoms with Crippen LogP contribution in [0, 0.1) is 0 Å². The van der Waals surface area contributed by atoms with Gasteiger partial charge in [-0.2, -0.15) is 0 Å². The van der Waals surface area contributed by atoms with E-state index in [9.17, 15) is 0 Å². The van der Waals surface area contributed by atoms with Crippen molar-refractivity contribution < 1.29 is 4.52 Å². The summed E-state index contributed by atoms with van der Waals surface area (Å²) in [5.74, 6) is 0.651. The van der Waals surface area contributed by atoms with Crippen LogP contribution in [0.4, 0.5) is 0 Å². The second kappa shape index (κ2) is 5.93. The Balaban J connectivity index is 2.19. The third-order valence-electron chi connectivity index (χ3n) is 3.38. The van der Waals surface area contributed by atoms with E-state index in [1.165, 1.54) is 0 Å². The van der Waals surface area contributed by atoms with Gasteiger partial charge < -0.3 is 0 Å². The molecule has 0 atom stereocenters. The third-order valence-corrected chi connectivity index (χ3v) is 8.98. The molecule has 0 unspecified atom stereocenters. The Hall–Kier alpha value is -1.53.